The Kier molecular flexibility index (Phi) is 6.25. The molecule has 0 bridgehead atoms. The van der Waals surface area contributed by atoms with Crippen molar-refractivity contribution in [3.63, 3.8) is 0 Å². The van der Waals surface area contributed by atoms with Gasteiger partial charge in [-0.1, -0.05) is 23.2 Å². The van der Waals surface area contributed by atoms with Crippen LogP contribution in [-0.4, -0.2) is 38.3 Å². The summed E-state index contributed by atoms with van der Waals surface area (Å²) in [6.45, 7) is 2.92. The van der Waals surface area contributed by atoms with E-state index in [0.29, 0.717) is 34.4 Å². The normalized spacial score (nSPS) is 26.5. The van der Waals surface area contributed by atoms with Crippen molar-refractivity contribution in [3.05, 3.63) is 28.2 Å². The first kappa shape index (κ1) is 17.8. The number of halogens is 2. The van der Waals surface area contributed by atoms with Crippen LogP contribution in [0.2, 0.25) is 10.0 Å². The molecule has 24 heavy (non-hydrogen) atoms. The number of piperidine rings is 2. The fourth-order valence-corrected chi connectivity index (χ4v) is 4.41. The minimum absolute atomic E-state index is 0.130. The zero-order valence-corrected chi connectivity index (χ0v) is 15.2. The number of hydrogen-bond acceptors (Lipinski definition) is 3. The molecule has 0 saturated carbocycles. The van der Waals surface area contributed by atoms with Crippen molar-refractivity contribution in [2.24, 2.45) is 5.92 Å². The van der Waals surface area contributed by atoms with E-state index in [4.69, 9.17) is 32.7 Å². The average molecular weight is 373 g/mol. The lowest BCUT2D eigenvalue weighted by molar-refractivity contribution is -0.940. The van der Waals surface area contributed by atoms with Crippen LogP contribution in [0.15, 0.2) is 18.2 Å². The Morgan fingerprint density at radius 2 is 2.00 bits per heavy atom. The number of rotatable bonds is 5. The first-order chi connectivity index (χ1) is 11.6. The highest BCUT2D eigenvalue weighted by Crippen LogP contribution is 2.27. The Morgan fingerprint density at radius 1 is 1.17 bits per heavy atom. The highest BCUT2D eigenvalue weighted by Gasteiger charge is 2.37. The summed E-state index contributed by atoms with van der Waals surface area (Å²) in [6.07, 6.45) is 6.27. The second-order valence-electron chi connectivity index (χ2n) is 6.71. The van der Waals surface area contributed by atoms with Crippen molar-refractivity contribution < 1.29 is 19.2 Å². The summed E-state index contributed by atoms with van der Waals surface area (Å²) >= 11 is 11.9. The Balaban J connectivity index is 1.45. The Labute approximate surface area is 153 Å². The van der Waals surface area contributed by atoms with Crippen LogP contribution in [0.3, 0.4) is 0 Å². The molecule has 2 fully saturated rings. The lowest BCUT2D eigenvalue weighted by Gasteiger charge is -2.40. The Morgan fingerprint density at radius 3 is 2.83 bits per heavy atom. The van der Waals surface area contributed by atoms with Crippen LogP contribution in [0.1, 0.15) is 32.1 Å². The zero-order chi connectivity index (χ0) is 16.9. The van der Waals surface area contributed by atoms with E-state index in [9.17, 15) is 4.79 Å². The van der Waals surface area contributed by atoms with Crippen molar-refractivity contribution >= 4 is 29.2 Å². The number of ether oxygens (including phenoxy) is 2. The van der Waals surface area contributed by atoms with Crippen LogP contribution < -0.4 is 9.64 Å². The Hall–Kier alpha value is -0.970. The summed E-state index contributed by atoms with van der Waals surface area (Å²) in [7, 11) is 0. The summed E-state index contributed by atoms with van der Waals surface area (Å²) in [5, 5.41) is 0.927. The Bertz CT molecular complexity index is 579. The van der Waals surface area contributed by atoms with Gasteiger partial charge in [0.05, 0.1) is 30.8 Å². The van der Waals surface area contributed by atoms with E-state index in [1.807, 2.05) is 0 Å². The standard InChI is InChI=1S/C18H23Cl2NO3/c19-14-6-7-17(15(20)10-14)23-12-18(22)24-11-13-4-3-9-21-8-2-1-5-16(13)21/h6-7,10,13,16H,1-5,8-9,11-12H2/p+1/t13-,16-/m1/s1. The molecular formula is C18H24Cl2NO3+. The monoisotopic (exact) mass is 372 g/mol. The van der Waals surface area contributed by atoms with Crippen LogP contribution in [-0.2, 0) is 9.53 Å². The average Bonchev–Trinajstić information content (AvgIpc) is 2.59. The van der Waals surface area contributed by atoms with Crippen molar-refractivity contribution in [1.29, 1.82) is 0 Å². The van der Waals surface area contributed by atoms with E-state index in [2.05, 4.69) is 0 Å². The number of esters is 1. The van der Waals surface area contributed by atoms with Crippen molar-refractivity contribution in [2.45, 2.75) is 38.1 Å². The third-order valence-electron chi connectivity index (χ3n) is 5.13. The molecule has 132 valence electrons. The predicted molar refractivity (Wildman–Crippen MR) is 94.0 cm³/mol. The fourth-order valence-electron chi connectivity index (χ4n) is 3.95. The zero-order valence-electron chi connectivity index (χ0n) is 13.7. The van der Waals surface area contributed by atoms with Crippen LogP contribution in [0.25, 0.3) is 0 Å². The lowest BCUT2D eigenvalue weighted by atomic mass is 9.84. The maximum absolute atomic E-state index is 12.0. The highest BCUT2D eigenvalue weighted by molar-refractivity contribution is 6.35. The molecule has 3 atom stereocenters. The number of fused-ring (bicyclic) bond motifs is 1. The van der Waals surface area contributed by atoms with Gasteiger partial charge in [0, 0.05) is 10.9 Å². The largest absolute Gasteiger partial charge is 0.480 e. The molecule has 4 nitrogen and oxygen atoms in total. The number of carbonyl (C=O) groups excluding carboxylic acids is 1. The van der Waals surface area contributed by atoms with Crippen molar-refractivity contribution in [3.8, 4) is 5.75 Å². The van der Waals surface area contributed by atoms with Crippen LogP contribution in [0.4, 0.5) is 0 Å². The highest BCUT2D eigenvalue weighted by atomic mass is 35.5. The molecule has 0 aromatic heterocycles. The van der Waals surface area contributed by atoms with Gasteiger partial charge >= 0.3 is 5.97 Å². The number of hydrogen-bond donors (Lipinski definition) is 1. The molecule has 0 amide bonds. The van der Waals surface area contributed by atoms with Crippen molar-refractivity contribution in [2.75, 3.05) is 26.3 Å². The maximum Gasteiger partial charge on any atom is 0.344 e. The molecule has 2 heterocycles. The van der Waals surface area contributed by atoms with E-state index in [1.165, 1.54) is 38.8 Å². The minimum atomic E-state index is -0.344. The van der Waals surface area contributed by atoms with Crippen molar-refractivity contribution in [1.82, 2.24) is 0 Å². The molecule has 1 aromatic rings. The van der Waals surface area contributed by atoms with E-state index < -0.39 is 0 Å². The van der Waals surface area contributed by atoms with Gasteiger partial charge in [-0.3, -0.25) is 0 Å². The van der Waals surface area contributed by atoms with E-state index in [1.54, 1.807) is 23.1 Å². The van der Waals surface area contributed by atoms with Gasteiger partial charge in [-0.2, -0.15) is 0 Å². The topological polar surface area (TPSA) is 40.0 Å². The summed E-state index contributed by atoms with van der Waals surface area (Å²) in [4.78, 5) is 13.7. The van der Waals surface area contributed by atoms with Gasteiger partial charge in [0.2, 0.25) is 0 Å². The van der Waals surface area contributed by atoms with Gasteiger partial charge in [0.1, 0.15) is 5.75 Å². The first-order valence-electron chi connectivity index (χ1n) is 8.71. The molecule has 2 aliphatic heterocycles. The number of benzene rings is 1. The van der Waals surface area contributed by atoms with E-state index in [0.717, 1.165) is 6.42 Å². The summed E-state index contributed by atoms with van der Waals surface area (Å²) < 4.78 is 10.9. The molecule has 2 saturated heterocycles. The van der Waals surface area contributed by atoms with E-state index in [-0.39, 0.29) is 12.6 Å². The second-order valence-corrected chi connectivity index (χ2v) is 7.55. The predicted octanol–water partition coefficient (Wildman–Crippen LogP) is 2.76. The molecule has 0 radical (unpaired) electrons. The smallest absolute Gasteiger partial charge is 0.344 e. The molecule has 1 N–H and O–H groups in total. The number of carbonyl (C=O) groups is 1. The number of nitrogens with one attached hydrogen (secondary N) is 1. The lowest BCUT2D eigenvalue weighted by Crippen LogP contribution is -3.18. The van der Waals surface area contributed by atoms with Crippen LogP contribution >= 0.6 is 23.2 Å². The van der Waals surface area contributed by atoms with Gasteiger partial charge in [0.15, 0.2) is 6.61 Å². The van der Waals surface area contributed by atoms with Gasteiger partial charge in [0.25, 0.3) is 0 Å². The molecule has 0 aliphatic carbocycles. The maximum atomic E-state index is 12.0. The molecule has 0 spiro atoms. The van der Waals surface area contributed by atoms with Gasteiger partial charge < -0.3 is 14.4 Å². The summed E-state index contributed by atoms with van der Waals surface area (Å²) in [5.74, 6) is 0.583. The van der Waals surface area contributed by atoms with Crippen LogP contribution in [0.5, 0.6) is 5.75 Å². The first-order valence-corrected chi connectivity index (χ1v) is 9.47. The molecule has 6 heteroatoms. The molecule has 1 aromatic carbocycles. The fraction of sp³-hybridized carbons (Fsp3) is 0.611. The van der Waals surface area contributed by atoms with Crippen LogP contribution in [0, 0.1) is 5.92 Å². The molecule has 1 unspecified atom stereocenters. The van der Waals surface area contributed by atoms with E-state index >= 15 is 0 Å². The molecule has 3 rings (SSSR count). The summed E-state index contributed by atoms with van der Waals surface area (Å²) in [5.41, 5.74) is 0. The van der Waals surface area contributed by atoms with Gasteiger partial charge in [-0.05, 0) is 50.3 Å². The minimum Gasteiger partial charge on any atom is -0.480 e. The SMILES string of the molecule is O=C(COc1ccc(Cl)cc1Cl)OC[C@H]1CCC[NH+]2CCCC[C@H]12. The summed E-state index contributed by atoms with van der Waals surface area (Å²) in [6, 6.07) is 5.58. The van der Waals surface area contributed by atoms with Gasteiger partial charge in [-0.15, -0.1) is 0 Å². The number of quaternary nitrogens is 1. The molecular weight excluding hydrogens is 349 g/mol. The quantitative estimate of drug-likeness (QED) is 0.807. The third-order valence-corrected chi connectivity index (χ3v) is 5.66. The molecule has 2 aliphatic rings. The van der Waals surface area contributed by atoms with Gasteiger partial charge in [-0.25, -0.2) is 4.79 Å². The second kappa shape index (κ2) is 8.41. The third kappa shape index (κ3) is 4.56.